The van der Waals surface area contributed by atoms with Crippen LogP contribution in [0.1, 0.15) is 47.9 Å². The van der Waals surface area contributed by atoms with Crippen molar-refractivity contribution in [2.24, 2.45) is 5.73 Å². The summed E-state index contributed by atoms with van der Waals surface area (Å²) in [5.74, 6) is 0.589. The summed E-state index contributed by atoms with van der Waals surface area (Å²) in [7, 11) is 0. The van der Waals surface area contributed by atoms with Crippen molar-refractivity contribution < 1.29 is 4.74 Å². The second-order valence-electron chi connectivity index (χ2n) is 7.27. The Hall–Kier alpha value is -2.68. The maximum absolute atomic E-state index is 9.30. The average Bonchev–Trinajstić information content (AvgIpc) is 3.30. The lowest BCUT2D eigenvalue weighted by Crippen LogP contribution is -2.24. The van der Waals surface area contributed by atoms with Gasteiger partial charge in [0.05, 0.1) is 10.4 Å². The third-order valence-corrected chi connectivity index (χ3v) is 6.35. The third kappa shape index (κ3) is 3.23. The molecule has 0 amide bonds. The largest absolute Gasteiger partial charge is 0.481 e. The highest BCUT2D eigenvalue weighted by Gasteiger charge is 2.28. The molecule has 0 saturated heterocycles. The zero-order valence-electron chi connectivity index (χ0n) is 15.4. The van der Waals surface area contributed by atoms with Crippen LogP contribution >= 0.6 is 11.3 Å². The number of ether oxygens (including phenoxy) is 1. The maximum Gasteiger partial charge on any atom is 0.139 e. The van der Waals surface area contributed by atoms with E-state index in [0.717, 1.165) is 22.7 Å². The van der Waals surface area contributed by atoms with Gasteiger partial charge < -0.3 is 10.5 Å². The number of benzene rings is 2. The van der Waals surface area contributed by atoms with Crippen molar-refractivity contribution in [2.45, 2.75) is 38.3 Å². The maximum atomic E-state index is 9.30. The summed E-state index contributed by atoms with van der Waals surface area (Å²) < 4.78 is 6.20. The highest BCUT2D eigenvalue weighted by Crippen LogP contribution is 2.40. The van der Waals surface area contributed by atoms with Gasteiger partial charge in [-0.25, -0.2) is 4.98 Å². The summed E-state index contributed by atoms with van der Waals surface area (Å²) in [6.07, 6.45) is 3.87. The Morgan fingerprint density at radius 3 is 2.85 bits per heavy atom. The second-order valence-corrected chi connectivity index (χ2v) is 8.30. The third-order valence-electron chi connectivity index (χ3n) is 5.02. The summed E-state index contributed by atoms with van der Waals surface area (Å²) in [4.78, 5) is 5.69. The van der Waals surface area contributed by atoms with Crippen molar-refractivity contribution in [3.8, 4) is 22.4 Å². The molecule has 0 fully saturated rings. The molecule has 136 valence electrons. The lowest BCUT2D eigenvalue weighted by atomic mass is 10.0. The number of hydrogen-bond donors (Lipinski definition) is 1. The minimum absolute atomic E-state index is 0.127. The molecule has 1 atom stereocenters. The van der Waals surface area contributed by atoms with Gasteiger partial charge in [-0.3, -0.25) is 0 Å². The lowest BCUT2D eigenvalue weighted by Gasteiger charge is -2.25. The molecule has 1 heterocycles. The van der Waals surface area contributed by atoms with Crippen molar-refractivity contribution >= 4 is 11.3 Å². The van der Waals surface area contributed by atoms with E-state index in [1.54, 1.807) is 17.4 Å². The molecule has 2 N–H and O–H groups in total. The van der Waals surface area contributed by atoms with Crippen LogP contribution < -0.4 is 10.5 Å². The predicted octanol–water partition coefficient (Wildman–Crippen LogP) is 4.94. The Labute approximate surface area is 163 Å². The summed E-state index contributed by atoms with van der Waals surface area (Å²) in [6.45, 7) is 4.01. The van der Waals surface area contributed by atoms with Gasteiger partial charge in [-0.2, -0.15) is 5.26 Å². The van der Waals surface area contributed by atoms with Crippen LogP contribution in [-0.2, 0) is 12.0 Å². The van der Waals surface area contributed by atoms with Gasteiger partial charge in [0.15, 0.2) is 0 Å². The van der Waals surface area contributed by atoms with E-state index in [4.69, 9.17) is 10.5 Å². The number of nitriles is 1. The minimum Gasteiger partial charge on any atom is -0.481 e. The fourth-order valence-corrected chi connectivity index (χ4v) is 4.54. The molecular weight excluding hydrogens is 354 g/mol. The number of para-hydroxylation sites is 1. The van der Waals surface area contributed by atoms with Crippen LogP contribution in [0.5, 0.6) is 5.75 Å². The van der Waals surface area contributed by atoms with Gasteiger partial charge in [0.1, 0.15) is 22.4 Å². The minimum atomic E-state index is -0.586. The van der Waals surface area contributed by atoms with Crippen LogP contribution in [0.25, 0.3) is 10.6 Å². The predicted molar refractivity (Wildman–Crippen MR) is 108 cm³/mol. The van der Waals surface area contributed by atoms with Crippen LogP contribution in [0, 0.1) is 11.3 Å². The topological polar surface area (TPSA) is 71.9 Å². The Balaban J connectivity index is 1.66. The summed E-state index contributed by atoms with van der Waals surface area (Å²) in [5, 5.41) is 10.3. The molecule has 0 bridgehead atoms. The SMILES string of the molecule is CC(C)(Oc1ccccc1C#N)c1cnc(-c2cccc3c2CCC3N)s1. The van der Waals surface area contributed by atoms with Gasteiger partial charge in [0, 0.05) is 17.8 Å². The number of fused-ring (bicyclic) bond motifs is 1. The van der Waals surface area contributed by atoms with Gasteiger partial charge in [0.2, 0.25) is 0 Å². The molecule has 2 aromatic carbocycles. The molecule has 4 rings (SSSR count). The normalized spacial score (nSPS) is 16.0. The second kappa shape index (κ2) is 6.80. The number of rotatable bonds is 4. The Bertz CT molecular complexity index is 1030. The first-order valence-corrected chi connectivity index (χ1v) is 9.83. The molecule has 1 aromatic heterocycles. The summed E-state index contributed by atoms with van der Waals surface area (Å²) >= 11 is 1.63. The Morgan fingerprint density at radius 1 is 1.22 bits per heavy atom. The van der Waals surface area contributed by atoms with E-state index in [0.29, 0.717) is 11.3 Å². The monoisotopic (exact) mass is 375 g/mol. The number of hydrogen-bond acceptors (Lipinski definition) is 5. The van der Waals surface area contributed by atoms with Crippen molar-refractivity contribution in [2.75, 3.05) is 0 Å². The van der Waals surface area contributed by atoms with Crippen molar-refractivity contribution in [1.29, 1.82) is 5.26 Å². The van der Waals surface area contributed by atoms with E-state index in [1.807, 2.05) is 38.2 Å². The van der Waals surface area contributed by atoms with Crippen molar-refractivity contribution in [3.05, 3.63) is 70.2 Å². The highest BCUT2D eigenvalue weighted by molar-refractivity contribution is 7.15. The molecule has 0 radical (unpaired) electrons. The Morgan fingerprint density at radius 2 is 2.04 bits per heavy atom. The number of nitrogens with two attached hydrogens (primary N) is 1. The number of nitrogens with zero attached hydrogens (tertiary/aromatic N) is 2. The van der Waals surface area contributed by atoms with Gasteiger partial charge in [0.25, 0.3) is 0 Å². The summed E-state index contributed by atoms with van der Waals surface area (Å²) in [5.41, 5.74) is 9.89. The quantitative estimate of drug-likeness (QED) is 0.701. The molecule has 5 heteroatoms. The van der Waals surface area contributed by atoms with Crippen molar-refractivity contribution in [1.82, 2.24) is 4.98 Å². The molecule has 1 aliphatic carbocycles. The average molecular weight is 375 g/mol. The van der Waals surface area contributed by atoms with Gasteiger partial charge in [-0.15, -0.1) is 11.3 Å². The number of aromatic nitrogens is 1. The zero-order chi connectivity index (χ0) is 19.0. The Kier molecular flexibility index (Phi) is 4.47. The molecular formula is C22H21N3OS. The highest BCUT2D eigenvalue weighted by atomic mass is 32.1. The van der Waals surface area contributed by atoms with Crippen LogP contribution in [0.15, 0.2) is 48.7 Å². The van der Waals surface area contributed by atoms with Crippen LogP contribution in [0.3, 0.4) is 0 Å². The van der Waals surface area contributed by atoms with Crippen LogP contribution in [0.2, 0.25) is 0 Å². The molecule has 0 aliphatic heterocycles. The first-order valence-electron chi connectivity index (χ1n) is 9.02. The van der Waals surface area contributed by atoms with E-state index in [2.05, 4.69) is 29.3 Å². The fraction of sp³-hybridized carbons (Fsp3) is 0.273. The van der Waals surface area contributed by atoms with Gasteiger partial charge >= 0.3 is 0 Å². The fourth-order valence-electron chi connectivity index (χ4n) is 3.54. The number of thiazole rings is 1. The van der Waals surface area contributed by atoms with E-state index in [-0.39, 0.29) is 6.04 Å². The molecule has 1 aliphatic rings. The molecule has 27 heavy (non-hydrogen) atoms. The van der Waals surface area contributed by atoms with E-state index < -0.39 is 5.60 Å². The van der Waals surface area contributed by atoms with E-state index >= 15 is 0 Å². The van der Waals surface area contributed by atoms with E-state index in [1.165, 1.54) is 16.7 Å². The van der Waals surface area contributed by atoms with Crippen molar-refractivity contribution in [3.63, 3.8) is 0 Å². The summed E-state index contributed by atoms with van der Waals surface area (Å²) in [6, 6.07) is 15.9. The zero-order valence-corrected chi connectivity index (χ0v) is 16.2. The molecule has 1 unspecified atom stereocenters. The molecule has 0 spiro atoms. The standard InChI is InChI=1S/C22H21N3OS/c1-22(2,26-19-9-4-3-6-14(19)12-23)20-13-25-21(27-20)17-8-5-7-16-15(17)10-11-18(16)24/h3-9,13,18H,10-11,24H2,1-2H3. The van der Waals surface area contributed by atoms with E-state index in [9.17, 15) is 5.26 Å². The van der Waals surface area contributed by atoms with Crippen LogP contribution in [0.4, 0.5) is 0 Å². The smallest absolute Gasteiger partial charge is 0.139 e. The first kappa shape index (κ1) is 17.7. The first-order chi connectivity index (χ1) is 13.0. The van der Waals surface area contributed by atoms with Gasteiger partial charge in [-0.05, 0) is 49.9 Å². The molecule has 4 nitrogen and oxygen atoms in total. The molecule has 3 aromatic rings. The lowest BCUT2D eigenvalue weighted by molar-refractivity contribution is 0.112. The molecule has 0 saturated carbocycles. The van der Waals surface area contributed by atoms with Gasteiger partial charge in [-0.1, -0.05) is 30.3 Å². The van der Waals surface area contributed by atoms with Crippen LogP contribution in [-0.4, -0.2) is 4.98 Å².